The highest BCUT2D eigenvalue weighted by Gasteiger charge is 2.24. The van der Waals surface area contributed by atoms with Gasteiger partial charge in [-0.1, -0.05) is 114 Å². The Bertz CT molecular complexity index is 1360. The van der Waals surface area contributed by atoms with Gasteiger partial charge in [0.15, 0.2) is 0 Å². The summed E-state index contributed by atoms with van der Waals surface area (Å²) < 4.78 is 0. The fourth-order valence-corrected chi connectivity index (χ4v) is 4.56. The smallest absolute Gasteiger partial charge is 0.124 e. The van der Waals surface area contributed by atoms with Gasteiger partial charge in [0.25, 0.3) is 0 Å². The Morgan fingerprint density at radius 3 is 1.18 bits per heavy atom. The van der Waals surface area contributed by atoms with E-state index in [1.807, 2.05) is 97.1 Å². The highest BCUT2D eigenvalue weighted by atomic mass is 16.3. The number of aromatic hydroxyl groups is 2. The van der Waals surface area contributed by atoms with Crippen LogP contribution in [0.1, 0.15) is 87.0 Å². The molecule has 0 spiro atoms. The van der Waals surface area contributed by atoms with E-state index in [0.717, 1.165) is 22.3 Å². The lowest BCUT2D eigenvalue weighted by molar-refractivity contribution is 0.469. The second-order valence-corrected chi connectivity index (χ2v) is 12.3. The van der Waals surface area contributed by atoms with Crippen LogP contribution in [0.2, 0.25) is 0 Å². The van der Waals surface area contributed by atoms with Gasteiger partial charge in [-0.2, -0.15) is 0 Å². The monoisotopic (exact) mass is 532 g/mol. The molecule has 0 aliphatic heterocycles. The van der Waals surface area contributed by atoms with Crippen molar-refractivity contribution in [3.63, 3.8) is 0 Å². The summed E-state index contributed by atoms with van der Waals surface area (Å²) in [7, 11) is 0. The van der Waals surface area contributed by atoms with Gasteiger partial charge in [0, 0.05) is 23.6 Å². The van der Waals surface area contributed by atoms with Gasteiger partial charge in [-0.05, 0) is 57.3 Å². The summed E-state index contributed by atoms with van der Waals surface area (Å²) >= 11 is 0. The van der Waals surface area contributed by atoms with Crippen LogP contribution in [-0.4, -0.2) is 22.6 Å². The Morgan fingerprint density at radius 2 is 0.875 bits per heavy atom. The molecule has 0 fully saturated rings. The van der Waals surface area contributed by atoms with Crippen molar-refractivity contribution in [2.45, 2.75) is 64.5 Å². The lowest BCUT2D eigenvalue weighted by atomic mass is 9.86. The van der Waals surface area contributed by atoms with Crippen molar-refractivity contribution in [2.24, 2.45) is 9.98 Å². The number of benzene rings is 4. The van der Waals surface area contributed by atoms with Crippen molar-refractivity contribution in [2.75, 3.05) is 0 Å². The SMILES string of the molecule is CC(C)(C)c1ccc(C=N[C@H](c2ccccc2)[C@H](N=Cc2ccc(C(C)(C)C)cc2O)c2ccccc2)c(O)c1. The van der Waals surface area contributed by atoms with Crippen LogP contribution >= 0.6 is 0 Å². The van der Waals surface area contributed by atoms with Gasteiger partial charge in [-0.15, -0.1) is 0 Å². The summed E-state index contributed by atoms with van der Waals surface area (Å²) in [6, 6.07) is 30.9. The maximum atomic E-state index is 10.8. The summed E-state index contributed by atoms with van der Waals surface area (Å²) in [6.45, 7) is 12.7. The minimum Gasteiger partial charge on any atom is -0.507 e. The lowest BCUT2D eigenvalue weighted by Gasteiger charge is -2.23. The van der Waals surface area contributed by atoms with Crippen LogP contribution in [0.4, 0.5) is 0 Å². The van der Waals surface area contributed by atoms with Crippen LogP contribution in [0.25, 0.3) is 0 Å². The average Bonchev–Trinajstić information content (AvgIpc) is 2.91. The molecule has 4 aromatic carbocycles. The van der Waals surface area contributed by atoms with Crippen LogP contribution in [-0.2, 0) is 10.8 Å². The van der Waals surface area contributed by atoms with Crippen molar-refractivity contribution in [1.82, 2.24) is 0 Å². The molecule has 0 unspecified atom stereocenters. The molecule has 4 heteroatoms. The Hall–Kier alpha value is -4.18. The average molecular weight is 533 g/mol. The predicted octanol–water partition coefficient (Wildman–Crippen LogP) is 8.71. The zero-order valence-corrected chi connectivity index (χ0v) is 24.3. The van der Waals surface area contributed by atoms with Crippen molar-refractivity contribution >= 4 is 12.4 Å². The zero-order valence-electron chi connectivity index (χ0n) is 24.3. The second-order valence-electron chi connectivity index (χ2n) is 12.3. The molecule has 0 amide bonds. The highest BCUT2D eigenvalue weighted by Crippen LogP contribution is 2.37. The fourth-order valence-electron chi connectivity index (χ4n) is 4.56. The minimum atomic E-state index is -0.363. The van der Waals surface area contributed by atoms with Crippen molar-refractivity contribution in [3.8, 4) is 11.5 Å². The quantitative estimate of drug-likeness (QED) is 0.234. The maximum absolute atomic E-state index is 10.8. The first-order chi connectivity index (χ1) is 18.9. The molecule has 4 rings (SSSR count). The summed E-state index contributed by atoms with van der Waals surface area (Å²) in [5.74, 6) is 0.401. The minimum absolute atomic E-state index is 0.0660. The third-order valence-corrected chi connectivity index (χ3v) is 7.12. The topological polar surface area (TPSA) is 65.2 Å². The molecule has 0 saturated carbocycles. The molecule has 0 radical (unpaired) electrons. The van der Waals surface area contributed by atoms with Gasteiger partial charge >= 0.3 is 0 Å². The molecule has 0 aliphatic carbocycles. The van der Waals surface area contributed by atoms with Crippen LogP contribution in [0, 0.1) is 0 Å². The summed E-state index contributed by atoms with van der Waals surface area (Å²) in [5.41, 5.74) is 5.30. The van der Waals surface area contributed by atoms with Gasteiger partial charge in [-0.3, -0.25) is 9.98 Å². The standard InChI is InChI=1S/C36H40N2O2/c1-35(2,3)29-19-17-27(31(39)21-29)23-37-33(25-13-9-7-10-14-25)34(26-15-11-8-12-16-26)38-24-28-18-20-30(22-32(28)40)36(4,5)6/h7-24,33-34,39-40H,1-6H3/t33-,34-/m1/s1. The van der Waals surface area contributed by atoms with Gasteiger partial charge in [-0.25, -0.2) is 0 Å². The van der Waals surface area contributed by atoms with Crippen molar-refractivity contribution in [1.29, 1.82) is 0 Å². The van der Waals surface area contributed by atoms with E-state index in [0.29, 0.717) is 11.1 Å². The Labute approximate surface area is 238 Å². The molecule has 206 valence electrons. The lowest BCUT2D eigenvalue weighted by Crippen LogP contribution is -2.11. The summed E-state index contributed by atoms with van der Waals surface area (Å²) in [6.07, 6.45) is 3.47. The van der Waals surface area contributed by atoms with E-state index in [9.17, 15) is 10.2 Å². The number of aliphatic imine (C=N–C) groups is 2. The molecule has 40 heavy (non-hydrogen) atoms. The highest BCUT2D eigenvalue weighted by molar-refractivity contribution is 5.85. The largest absolute Gasteiger partial charge is 0.507 e. The molecule has 0 aromatic heterocycles. The van der Waals surface area contributed by atoms with E-state index in [1.54, 1.807) is 12.4 Å². The van der Waals surface area contributed by atoms with E-state index in [4.69, 9.17) is 9.98 Å². The van der Waals surface area contributed by atoms with Gasteiger partial charge in [0.05, 0.1) is 0 Å². The normalized spacial score (nSPS) is 14.1. The fraction of sp³-hybridized carbons (Fsp3) is 0.278. The number of rotatable bonds is 7. The predicted molar refractivity (Wildman–Crippen MR) is 167 cm³/mol. The number of hydrogen-bond donors (Lipinski definition) is 2. The van der Waals surface area contributed by atoms with E-state index in [-0.39, 0.29) is 34.4 Å². The Kier molecular flexibility index (Phi) is 8.58. The molecule has 4 aromatic rings. The number of nitrogens with zero attached hydrogens (tertiary/aromatic N) is 2. The van der Waals surface area contributed by atoms with Gasteiger partial charge in [0.2, 0.25) is 0 Å². The van der Waals surface area contributed by atoms with Crippen LogP contribution < -0.4 is 0 Å². The van der Waals surface area contributed by atoms with Crippen LogP contribution in [0.15, 0.2) is 107 Å². The summed E-state index contributed by atoms with van der Waals surface area (Å²) in [4.78, 5) is 10.0. The summed E-state index contributed by atoms with van der Waals surface area (Å²) in [5, 5.41) is 21.6. The first kappa shape index (κ1) is 28.8. The maximum Gasteiger partial charge on any atom is 0.124 e. The number of phenols is 2. The molecule has 2 N–H and O–H groups in total. The van der Waals surface area contributed by atoms with Crippen molar-refractivity contribution in [3.05, 3.63) is 130 Å². The van der Waals surface area contributed by atoms with E-state index < -0.39 is 0 Å². The molecule has 2 atom stereocenters. The third-order valence-electron chi connectivity index (χ3n) is 7.12. The number of phenolic OH excluding ortho intramolecular Hbond substituents is 2. The third kappa shape index (κ3) is 7.06. The van der Waals surface area contributed by atoms with Crippen molar-refractivity contribution < 1.29 is 10.2 Å². The first-order valence-corrected chi connectivity index (χ1v) is 13.8. The van der Waals surface area contributed by atoms with E-state index in [2.05, 4.69) is 41.5 Å². The Morgan fingerprint density at radius 1 is 0.525 bits per heavy atom. The molecule has 4 nitrogen and oxygen atoms in total. The molecular formula is C36H40N2O2. The van der Waals surface area contributed by atoms with Crippen LogP contribution in [0.3, 0.4) is 0 Å². The second kappa shape index (κ2) is 11.9. The van der Waals surface area contributed by atoms with E-state index in [1.165, 1.54) is 0 Å². The Balaban J connectivity index is 1.77. The molecule has 0 aliphatic rings. The molecule has 0 bridgehead atoms. The zero-order chi connectivity index (χ0) is 28.9. The van der Waals surface area contributed by atoms with Gasteiger partial charge < -0.3 is 10.2 Å². The molecule has 0 saturated heterocycles. The molecule has 0 heterocycles. The van der Waals surface area contributed by atoms with Gasteiger partial charge in [0.1, 0.15) is 23.6 Å². The van der Waals surface area contributed by atoms with E-state index >= 15 is 0 Å². The number of hydrogen-bond acceptors (Lipinski definition) is 4. The van der Waals surface area contributed by atoms with Crippen LogP contribution in [0.5, 0.6) is 11.5 Å². The molecular weight excluding hydrogens is 492 g/mol. The first-order valence-electron chi connectivity index (χ1n) is 13.8.